The van der Waals surface area contributed by atoms with Crippen LogP contribution < -0.4 is 5.32 Å². The largest absolute Gasteiger partial charge is 0.393 e. The zero-order valence-electron chi connectivity index (χ0n) is 19.6. The lowest BCUT2D eigenvalue weighted by Gasteiger charge is -2.33. The Kier molecular flexibility index (Phi) is 8.52. The van der Waals surface area contributed by atoms with Gasteiger partial charge in [0.15, 0.2) is 11.9 Å². The third kappa shape index (κ3) is 5.39. The number of ether oxygens (including phenoxy) is 3. The van der Waals surface area contributed by atoms with Gasteiger partial charge in [0.1, 0.15) is 24.1 Å². The number of anilines is 1. The molecule has 2 fully saturated rings. The normalized spacial score (nSPS) is 27.1. The summed E-state index contributed by atoms with van der Waals surface area (Å²) < 4.78 is 29.6. The maximum atomic E-state index is 12.1. The summed E-state index contributed by atoms with van der Waals surface area (Å²) in [5.74, 6) is 0.501. The van der Waals surface area contributed by atoms with Crippen LogP contribution >= 0.6 is 19.2 Å². The Bertz CT molecular complexity index is 1100. The zero-order chi connectivity index (χ0) is 26.1. The van der Waals surface area contributed by atoms with Gasteiger partial charge in [0.2, 0.25) is 10.6 Å². The highest BCUT2D eigenvalue weighted by atomic mass is 35.5. The minimum absolute atomic E-state index is 0.0389. The summed E-state index contributed by atoms with van der Waals surface area (Å²) in [5.41, 5.74) is 0.268. The van der Waals surface area contributed by atoms with Crippen LogP contribution in [0.5, 0.6) is 0 Å². The number of halogens is 1. The molecule has 0 unspecified atom stereocenters. The van der Waals surface area contributed by atoms with Gasteiger partial charge in [-0.3, -0.25) is 4.57 Å². The summed E-state index contributed by atoms with van der Waals surface area (Å²) in [6.07, 6.45) is 0.348. The quantitative estimate of drug-likeness (QED) is 0.165. The van der Waals surface area contributed by atoms with Crippen molar-refractivity contribution in [2.24, 2.45) is 0 Å². The van der Waals surface area contributed by atoms with Crippen LogP contribution in [0.4, 0.5) is 5.82 Å². The Morgan fingerprint density at radius 3 is 2.64 bits per heavy atom. The Morgan fingerprint density at radius 2 is 2.00 bits per heavy atom. The van der Waals surface area contributed by atoms with E-state index in [1.807, 2.05) is 0 Å². The van der Waals surface area contributed by atoms with Crippen molar-refractivity contribution in [3.05, 3.63) is 11.5 Å². The molecule has 0 amide bonds. The molecule has 1 aliphatic heterocycles. The first-order valence-corrected chi connectivity index (χ1v) is 13.7. The predicted molar refractivity (Wildman–Crippen MR) is 126 cm³/mol. The highest BCUT2D eigenvalue weighted by Gasteiger charge is 2.51. The van der Waals surface area contributed by atoms with Gasteiger partial charge >= 0.3 is 7.60 Å². The molecular weight excluding hydrogens is 521 g/mol. The van der Waals surface area contributed by atoms with E-state index in [0.717, 1.165) is 25.7 Å². The number of hydrogen-bond acceptors (Lipinski definition) is 11. The van der Waals surface area contributed by atoms with Gasteiger partial charge in [-0.25, -0.2) is 4.68 Å². The lowest BCUT2D eigenvalue weighted by atomic mass is 10.1. The lowest BCUT2D eigenvalue weighted by molar-refractivity contribution is -0.128. The lowest BCUT2D eigenvalue weighted by Crippen LogP contribution is -2.45. The minimum Gasteiger partial charge on any atom is -0.393 e. The maximum absolute atomic E-state index is 12.1. The first kappa shape index (κ1) is 27.6. The van der Waals surface area contributed by atoms with Crippen molar-refractivity contribution in [1.82, 2.24) is 19.7 Å². The number of rotatable bonds is 11. The van der Waals surface area contributed by atoms with E-state index in [1.165, 1.54) is 10.9 Å². The van der Waals surface area contributed by atoms with Crippen LogP contribution in [0.1, 0.15) is 38.8 Å². The van der Waals surface area contributed by atoms with E-state index in [0.29, 0.717) is 11.2 Å². The molecule has 1 aliphatic carbocycles. The van der Waals surface area contributed by atoms with Gasteiger partial charge in [-0.15, -0.1) is 0 Å². The fourth-order valence-corrected chi connectivity index (χ4v) is 5.27. The highest BCUT2D eigenvalue weighted by Crippen LogP contribution is 2.51. The number of aliphatic hydroxyl groups is 3. The van der Waals surface area contributed by atoms with E-state index in [9.17, 15) is 29.7 Å². The summed E-state index contributed by atoms with van der Waals surface area (Å²) in [6, 6.07) is 0.247. The fourth-order valence-electron chi connectivity index (χ4n) is 4.42. The van der Waals surface area contributed by atoms with Crippen molar-refractivity contribution in [1.29, 1.82) is 0 Å². The topological polar surface area (TPSA) is 202 Å². The number of aliphatic hydroxyl groups excluding tert-OH is 3. The first-order chi connectivity index (χ1) is 17.1. The molecule has 0 spiro atoms. The molecule has 5 atom stereocenters. The standard InChI is InChI=1S/C20H31ClN5O9P/c1-2-33-10-20(9-27,36(30,31)32)34-8-13-14(28)15(29)18(35-13)26-17-12(7-22-26)16(24-19(21)25-17)23-11-5-3-4-6-11/h7,11,13-15,18,27-29H,2-6,8-10H2,1H3,(H,23,24,25)(H2,30,31,32)/t13-,14-,15-,18-,20-/m1/s1. The number of nitrogens with one attached hydrogen (secondary N) is 1. The number of nitrogens with zero attached hydrogens (tertiary/aromatic N) is 4. The smallest absolute Gasteiger partial charge is 0.361 e. The Labute approximate surface area is 211 Å². The van der Waals surface area contributed by atoms with Crippen LogP contribution in [0, 0.1) is 0 Å². The van der Waals surface area contributed by atoms with Crippen molar-refractivity contribution in [2.75, 3.05) is 31.7 Å². The van der Waals surface area contributed by atoms with Crippen molar-refractivity contribution in [3.63, 3.8) is 0 Å². The number of fused-ring (bicyclic) bond motifs is 1. The molecule has 0 radical (unpaired) electrons. The second-order valence-electron chi connectivity index (χ2n) is 8.94. The molecule has 2 aliphatic rings. The minimum atomic E-state index is -5.00. The zero-order valence-corrected chi connectivity index (χ0v) is 21.3. The van der Waals surface area contributed by atoms with E-state index >= 15 is 0 Å². The molecule has 36 heavy (non-hydrogen) atoms. The summed E-state index contributed by atoms with van der Waals surface area (Å²) in [5, 5.41) is 36.8. The van der Waals surface area contributed by atoms with Crippen LogP contribution in [0.25, 0.3) is 11.0 Å². The number of hydrogen-bond donors (Lipinski definition) is 6. The van der Waals surface area contributed by atoms with Gasteiger partial charge < -0.3 is 44.6 Å². The van der Waals surface area contributed by atoms with E-state index in [4.69, 9.17) is 25.8 Å². The molecule has 4 rings (SSSR count). The van der Waals surface area contributed by atoms with E-state index in [2.05, 4.69) is 20.4 Å². The molecule has 3 heterocycles. The Hall–Kier alpha value is -1.45. The third-order valence-electron chi connectivity index (χ3n) is 6.53. The first-order valence-electron chi connectivity index (χ1n) is 11.7. The SMILES string of the molecule is CCOC[C@](CO)(OC[C@H]1O[C@@H](n2ncc3c(NC4CCCC4)nc(Cl)nc32)[C@H](O)[C@@H]1O)P(=O)(O)O. The maximum Gasteiger partial charge on any atom is 0.361 e. The molecule has 16 heteroatoms. The molecule has 2 aromatic rings. The second-order valence-corrected chi connectivity index (χ2v) is 11.2. The predicted octanol–water partition coefficient (Wildman–Crippen LogP) is 0.373. The van der Waals surface area contributed by atoms with Crippen LogP contribution in [0.15, 0.2) is 6.20 Å². The van der Waals surface area contributed by atoms with Crippen LogP contribution in [-0.4, -0.2) is 101 Å². The molecule has 202 valence electrons. The van der Waals surface area contributed by atoms with Crippen molar-refractivity contribution < 1.29 is 43.9 Å². The van der Waals surface area contributed by atoms with E-state index in [-0.39, 0.29) is 23.6 Å². The summed E-state index contributed by atoms with van der Waals surface area (Å²) in [7, 11) is -5.00. The molecule has 0 aromatic carbocycles. The molecule has 6 N–H and O–H groups in total. The van der Waals surface area contributed by atoms with Crippen LogP contribution in [0.3, 0.4) is 0 Å². The Balaban J connectivity index is 1.54. The monoisotopic (exact) mass is 551 g/mol. The summed E-state index contributed by atoms with van der Waals surface area (Å²) in [4.78, 5) is 28.0. The molecule has 0 bridgehead atoms. The van der Waals surface area contributed by atoms with Gasteiger partial charge in [-0.05, 0) is 31.4 Å². The summed E-state index contributed by atoms with van der Waals surface area (Å²) >= 11 is 6.15. The highest BCUT2D eigenvalue weighted by molar-refractivity contribution is 7.53. The van der Waals surface area contributed by atoms with Gasteiger partial charge in [-0.2, -0.15) is 15.1 Å². The fraction of sp³-hybridized carbons (Fsp3) is 0.750. The van der Waals surface area contributed by atoms with Crippen LogP contribution in [0.2, 0.25) is 5.28 Å². The van der Waals surface area contributed by atoms with Crippen molar-refractivity contribution in [3.8, 4) is 0 Å². The average molecular weight is 552 g/mol. The molecule has 2 aromatic heterocycles. The van der Waals surface area contributed by atoms with Gasteiger partial charge in [-0.1, -0.05) is 12.8 Å². The van der Waals surface area contributed by atoms with Gasteiger partial charge in [0.05, 0.1) is 31.4 Å². The third-order valence-corrected chi connectivity index (χ3v) is 8.16. The molecule has 1 saturated carbocycles. The average Bonchev–Trinajstić information content (AvgIpc) is 3.55. The van der Waals surface area contributed by atoms with E-state index in [1.54, 1.807) is 6.92 Å². The number of aromatic nitrogens is 4. The van der Waals surface area contributed by atoms with Crippen molar-refractivity contribution >= 4 is 36.0 Å². The molecular formula is C20H31ClN5O9P. The van der Waals surface area contributed by atoms with Crippen LogP contribution in [-0.2, 0) is 18.8 Å². The molecule has 14 nitrogen and oxygen atoms in total. The summed E-state index contributed by atoms with van der Waals surface area (Å²) in [6.45, 7) is -0.442. The van der Waals surface area contributed by atoms with Gasteiger partial charge in [0.25, 0.3) is 0 Å². The molecule has 1 saturated heterocycles. The Morgan fingerprint density at radius 1 is 1.28 bits per heavy atom. The van der Waals surface area contributed by atoms with E-state index < -0.39 is 57.3 Å². The van der Waals surface area contributed by atoms with Crippen molar-refractivity contribution in [2.45, 2.75) is 68.5 Å². The van der Waals surface area contributed by atoms with Gasteiger partial charge in [0, 0.05) is 12.6 Å². The second kappa shape index (κ2) is 11.1.